The van der Waals surface area contributed by atoms with Crippen molar-refractivity contribution >= 4 is 11.9 Å². The first-order chi connectivity index (χ1) is 8.97. The van der Waals surface area contributed by atoms with Crippen molar-refractivity contribution in [3.63, 3.8) is 0 Å². The van der Waals surface area contributed by atoms with Crippen molar-refractivity contribution in [3.8, 4) is 6.07 Å². The molecule has 19 heavy (non-hydrogen) atoms. The molecule has 0 aliphatic heterocycles. The minimum atomic E-state index is -0.902. The second-order valence-electron chi connectivity index (χ2n) is 4.56. The predicted molar refractivity (Wildman–Crippen MR) is 71.0 cm³/mol. The van der Waals surface area contributed by atoms with Crippen LogP contribution < -0.4 is 10.6 Å². The van der Waals surface area contributed by atoms with E-state index in [1.165, 1.54) is 6.20 Å². The molecule has 3 N–H and O–H groups in total. The maximum absolute atomic E-state index is 11.6. The second-order valence-corrected chi connectivity index (χ2v) is 4.56. The van der Waals surface area contributed by atoms with Gasteiger partial charge in [-0.15, -0.1) is 0 Å². The molecule has 0 aliphatic rings. The van der Waals surface area contributed by atoms with E-state index in [0.717, 1.165) is 6.42 Å². The van der Waals surface area contributed by atoms with Crippen LogP contribution in [0.1, 0.15) is 33.1 Å². The minimum Gasteiger partial charge on any atom is -0.481 e. The summed E-state index contributed by atoms with van der Waals surface area (Å²) in [4.78, 5) is 21.8. The molecule has 6 nitrogen and oxygen atoms in total. The van der Waals surface area contributed by atoms with E-state index < -0.39 is 11.9 Å². The first kappa shape index (κ1) is 17.0. The third-order valence-corrected chi connectivity index (χ3v) is 2.33. The van der Waals surface area contributed by atoms with Crippen molar-refractivity contribution in [2.24, 2.45) is 5.92 Å². The monoisotopic (exact) mass is 267 g/mol. The zero-order valence-corrected chi connectivity index (χ0v) is 11.4. The average molecular weight is 267 g/mol. The fourth-order valence-electron chi connectivity index (χ4n) is 1.23. The van der Waals surface area contributed by atoms with E-state index in [1.54, 1.807) is 0 Å². The Balaban J connectivity index is 4.00. The van der Waals surface area contributed by atoms with Crippen molar-refractivity contribution in [2.45, 2.75) is 33.1 Å². The van der Waals surface area contributed by atoms with Crippen molar-refractivity contribution < 1.29 is 14.7 Å². The van der Waals surface area contributed by atoms with Gasteiger partial charge in [0.25, 0.3) is 5.91 Å². The molecule has 0 fully saturated rings. The first-order valence-electron chi connectivity index (χ1n) is 6.31. The quantitative estimate of drug-likeness (QED) is 0.329. The number of carboxylic acid groups (broad SMARTS) is 1. The summed E-state index contributed by atoms with van der Waals surface area (Å²) in [6.45, 7) is 5.13. The lowest BCUT2D eigenvalue weighted by atomic mass is 10.1. The number of hydrogen-bond donors (Lipinski definition) is 3. The van der Waals surface area contributed by atoms with Gasteiger partial charge in [-0.1, -0.05) is 13.8 Å². The summed E-state index contributed by atoms with van der Waals surface area (Å²) in [6.07, 6.45) is 2.70. The topological polar surface area (TPSA) is 102 Å². The van der Waals surface area contributed by atoms with Crippen LogP contribution in [0.15, 0.2) is 11.8 Å². The van der Waals surface area contributed by atoms with Crippen LogP contribution >= 0.6 is 0 Å². The van der Waals surface area contributed by atoms with Crippen LogP contribution in [0.5, 0.6) is 0 Å². The Labute approximate surface area is 113 Å². The summed E-state index contributed by atoms with van der Waals surface area (Å²) < 4.78 is 0. The molecule has 0 unspecified atom stereocenters. The maximum atomic E-state index is 11.6. The molecule has 0 saturated heterocycles. The summed E-state index contributed by atoms with van der Waals surface area (Å²) in [7, 11) is 0. The highest BCUT2D eigenvalue weighted by molar-refractivity contribution is 5.97. The van der Waals surface area contributed by atoms with Gasteiger partial charge in [0.1, 0.15) is 11.6 Å². The molecular weight excluding hydrogens is 246 g/mol. The van der Waals surface area contributed by atoms with E-state index in [1.807, 2.05) is 6.07 Å². The van der Waals surface area contributed by atoms with E-state index in [9.17, 15) is 9.59 Å². The second kappa shape index (κ2) is 9.95. The Morgan fingerprint density at radius 1 is 1.37 bits per heavy atom. The summed E-state index contributed by atoms with van der Waals surface area (Å²) in [6, 6.07) is 1.81. The number of amides is 1. The summed E-state index contributed by atoms with van der Waals surface area (Å²) in [5.41, 5.74) is -0.000851. The number of carbonyl (C=O) groups is 2. The van der Waals surface area contributed by atoms with Gasteiger partial charge in [-0.2, -0.15) is 5.26 Å². The molecule has 0 bridgehead atoms. The Bertz CT molecular complexity index is 370. The lowest BCUT2D eigenvalue weighted by molar-refractivity contribution is -0.137. The molecule has 0 atom stereocenters. The maximum Gasteiger partial charge on any atom is 0.303 e. The van der Waals surface area contributed by atoms with Gasteiger partial charge in [-0.3, -0.25) is 9.59 Å². The Morgan fingerprint density at radius 3 is 2.58 bits per heavy atom. The number of nitriles is 1. The number of carbonyl (C=O) groups excluding carboxylic acids is 1. The van der Waals surface area contributed by atoms with Gasteiger partial charge in [0.15, 0.2) is 0 Å². The van der Waals surface area contributed by atoms with Crippen molar-refractivity contribution in [1.82, 2.24) is 10.6 Å². The lowest BCUT2D eigenvalue weighted by Crippen LogP contribution is -2.27. The van der Waals surface area contributed by atoms with Crippen molar-refractivity contribution in [1.29, 1.82) is 5.26 Å². The van der Waals surface area contributed by atoms with Gasteiger partial charge in [-0.25, -0.2) is 0 Å². The molecule has 6 heteroatoms. The van der Waals surface area contributed by atoms with E-state index in [-0.39, 0.29) is 18.5 Å². The fraction of sp³-hybridized carbons (Fsp3) is 0.615. The molecule has 0 saturated carbocycles. The number of rotatable bonds is 9. The van der Waals surface area contributed by atoms with Crippen LogP contribution in [-0.4, -0.2) is 30.1 Å². The largest absolute Gasteiger partial charge is 0.481 e. The molecule has 0 radical (unpaired) electrons. The van der Waals surface area contributed by atoms with Gasteiger partial charge in [0.2, 0.25) is 0 Å². The smallest absolute Gasteiger partial charge is 0.303 e. The third kappa shape index (κ3) is 9.65. The predicted octanol–water partition coefficient (Wildman–Crippen LogP) is 1.01. The lowest BCUT2D eigenvalue weighted by Gasteiger charge is -2.05. The molecule has 0 aromatic heterocycles. The van der Waals surface area contributed by atoms with E-state index in [4.69, 9.17) is 10.4 Å². The van der Waals surface area contributed by atoms with E-state index >= 15 is 0 Å². The highest BCUT2D eigenvalue weighted by Gasteiger charge is 2.08. The zero-order valence-electron chi connectivity index (χ0n) is 11.4. The van der Waals surface area contributed by atoms with Crippen LogP contribution in [0.4, 0.5) is 0 Å². The van der Waals surface area contributed by atoms with Crippen LogP contribution in [-0.2, 0) is 9.59 Å². The van der Waals surface area contributed by atoms with Crippen molar-refractivity contribution in [3.05, 3.63) is 11.8 Å². The van der Waals surface area contributed by atoms with Crippen molar-refractivity contribution in [2.75, 3.05) is 13.1 Å². The molecule has 0 rings (SSSR count). The molecule has 1 amide bonds. The molecule has 106 valence electrons. The average Bonchev–Trinajstić information content (AvgIpc) is 2.34. The number of aliphatic carboxylic acids is 1. The normalized spacial score (nSPS) is 10.9. The van der Waals surface area contributed by atoms with Gasteiger partial charge >= 0.3 is 5.97 Å². The van der Waals surface area contributed by atoms with Crippen LogP contribution in [0, 0.1) is 17.2 Å². The Hall–Kier alpha value is -2.03. The van der Waals surface area contributed by atoms with Gasteiger partial charge in [0, 0.05) is 25.7 Å². The van der Waals surface area contributed by atoms with Crippen LogP contribution in [0.2, 0.25) is 0 Å². The Kier molecular flexibility index (Phi) is 8.88. The van der Waals surface area contributed by atoms with Gasteiger partial charge in [-0.05, 0) is 18.8 Å². The SMILES string of the molecule is CC(C)CCN/C=C(/C#N)C(=O)NCCCC(=O)O. The number of nitrogens with one attached hydrogen (secondary N) is 2. The number of hydrogen-bond acceptors (Lipinski definition) is 4. The van der Waals surface area contributed by atoms with Gasteiger partial charge in [0.05, 0.1) is 0 Å². The molecule has 0 aromatic carbocycles. The van der Waals surface area contributed by atoms with E-state index in [2.05, 4.69) is 24.5 Å². The summed E-state index contributed by atoms with van der Waals surface area (Å²) in [5, 5.41) is 22.7. The molecule has 0 aliphatic carbocycles. The minimum absolute atomic E-state index is 0.000851. The molecular formula is C13H21N3O3. The van der Waals surface area contributed by atoms with Crippen LogP contribution in [0.3, 0.4) is 0 Å². The van der Waals surface area contributed by atoms with E-state index in [0.29, 0.717) is 18.9 Å². The summed E-state index contributed by atoms with van der Waals surface area (Å²) >= 11 is 0. The number of nitrogens with zero attached hydrogens (tertiary/aromatic N) is 1. The molecule has 0 heterocycles. The highest BCUT2D eigenvalue weighted by Crippen LogP contribution is 1.97. The molecule has 0 spiro atoms. The van der Waals surface area contributed by atoms with Gasteiger partial charge < -0.3 is 15.7 Å². The highest BCUT2D eigenvalue weighted by atomic mass is 16.4. The van der Waals surface area contributed by atoms with Crippen LogP contribution in [0.25, 0.3) is 0 Å². The molecule has 0 aromatic rings. The fourth-order valence-corrected chi connectivity index (χ4v) is 1.23. The third-order valence-electron chi connectivity index (χ3n) is 2.33. The first-order valence-corrected chi connectivity index (χ1v) is 6.31. The number of carboxylic acids is 1. The Morgan fingerprint density at radius 2 is 2.05 bits per heavy atom. The standard InChI is InChI=1S/C13H21N3O3/c1-10(2)5-7-15-9-11(8-14)13(19)16-6-3-4-12(17)18/h9-10,15H,3-7H2,1-2H3,(H,16,19)(H,17,18)/b11-9-. The summed E-state index contributed by atoms with van der Waals surface area (Å²) in [5.74, 6) is -0.832. The zero-order chi connectivity index (χ0) is 14.7.